The smallest absolute Gasteiger partial charge is 0.308 e. The summed E-state index contributed by atoms with van der Waals surface area (Å²) >= 11 is 0. The minimum absolute atomic E-state index is 0.0652. The molecule has 0 aliphatic carbocycles. The van der Waals surface area contributed by atoms with Crippen molar-refractivity contribution in [2.45, 2.75) is 172 Å². The Morgan fingerprint density at radius 3 is 2.31 bits per heavy atom. The van der Waals surface area contributed by atoms with Gasteiger partial charge in [0.05, 0.1) is 66.5 Å². The van der Waals surface area contributed by atoms with Gasteiger partial charge < -0.3 is 48.5 Å². The summed E-state index contributed by atoms with van der Waals surface area (Å²) in [6.45, 7) is 16.1. The van der Waals surface area contributed by atoms with Crippen LogP contribution in [0.15, 0.2) is 0 Å². The summed E-state index contributed by atoms with van der Waals surface area (Å²) in [7, 11) is 3.13. The maximum atomic E-state index is 11.8. The van der Waals surface area contributed by atoms with Crippen LogP contribution in [0.2, 0.25) is 0 Å². The van der Waals surface area contributed by atoms with Crippen molar-refractivity contribution in [2.24, 2.45) is 35.5 Å². The topological polar surface area (TPSA) is 142 Å². The number of carboxylic acid groups (broad SMARTS) is 1. The molecule has 0 aromatic rings. The molecule has 0 aromatic heterocycles. The van der Waals surface area contributed by atoms with Gasteiger partial charge >= 0.3 is 5.97 Å². The van der Waals surface area contributed by atoms with Gasteiger partial charge in [-0.2, -0.15) is 0 Å². The Bertz CT molecular complexity index is 1120. The van der Waals surface area contributed by atoms with E-state index in [9.17, 15) is 20.1 Å². The first-order valence-corrected chi connectivity index (χ1v) is 18.5. The Morgan fingerprint density at radius 2 is 1.71 bits per heavy atom. The minimum atomic E-state index is -1.02. The summed E-state index contributed by atoms with van der Waals surface area (Å²) in [6, 6.07) is 0. The second-order valence-corrected chi connectivity index (χ2v) is 16.5. The van der Waals surface area contributed by atoms with Gasteiger partial charge in [-0.05, 0) is 64.2 Å². The van der Waals surface area contributed by atoms with Gasteiger partial charge in [-0.3, -0.25) is 4.79 Å². The monoisotopic (exact) mass is 684 g/mol. The van der Waals surface area contributed by atoms with Crippen molar-refractivity contribution in [3.8, 4) is 0 Å². The van der Waals surface area contributed by atoms with E-state index in [2.05, 4.69) is 34.6 Å². The maximum absolute atomic E-state index is 11.8. The first kappa shape index (κ1) is 38.3. The minimum Gasteiger partial charge on any atom is -0.481 e. The van der Waals surface area contributed by atoms with E-state index in [0.29, 0.717) is 19.3 Å². The molecule has 0 saturated carbocycles. The Hall–Kier alpha value is -0.890. The summed E-state index contributed by atoms with van der Waals surface area (Å²) < 4.78 is 45.7. The van der Waals surface area contributed by atoms with Crippen molar-refractivity contribution in [1.29, 1.82) is 0 Å². The highest BCUT2D eigenvalue weighted by atomic mass is 16.7. The number of rotatable bonds is 11. The molecule has 11 heteroatoms. The number of carbonyl (C=O) groups is 1. The predicted octanol–water partition coefficient (Wildman–Crippen LogP) is 4.93. The number of carboxylic acids is 1. The van der Waals surface area contributed by atoms with E-state index in [-0.39, 0.29) is 60.6 Å². The first-order chi connectivity index (χ1) is 22.5. The molecule has 1 spiro atoms. The molecule has 278 valence electrons. The van der Waals surface area contributed by atoms with E-state index in [0.717, 1.165) is 32.1 Å². The van der Waals surface area contributed by atoms with Crippen molar-refractivity contribution in [3.05, 3.63) is 0 Å². The Balaban J connectivity index is 1.29. The lowest BCUT2D eigenvalue weighted by Gasteiger charge is -2.49. The Labute approximate surface area is 287 Å². The van der Waals surface area contributed by atoms with Gasteiger partial charge in [0.1, 0.15) is 0 Å². The van der Waals surface area contributed by atoms with Gasteiger partial charge in [-0.15, -0.1) is 0 Å². The molecular formula is C37H64O11. The van der Waals surface area contributed by atoms with Crippen molar-refractivity contribution in [3.63, 3.8) is 0 Å². The van der Waals surface area contributed by atoms with Gasteiger partial charge in [0.25, 0.3) is 0 Å². The summed E-state index contributed by atoms with van der Waals surface area (Å²) in [5.74, 6) is -3.59. The van der Waals surface area contributed by atoms with Crippen LogP contribution in [0.25, 0.3) is 0 Å². The fourth-order valence-corrected chi connectivity index (χ4v) is 10.2. The van der Waals surface area contributed by atoms with E-state index in [4.69, 9.17) is 33.2 Å². The molecule has 0 radical (unpaired) electrons. The number of aliphatic hydroxyl groups excluding tert-OH is 2. The average molecular weight is 685 g/mol. The number of aliphatic hydroxyl groups is 2. The molecule has 0 aromatic carbocycles. The Morgan fingerprint density at radius 1 is 1.00 bits per heavy atom. The zero-order valence-corrected chi connectivity index (χ0v) is 31.0. The molecule has 5 saturated heterocycles. The fourth-order valence-electron chi connectivity index (χ4n) is 10.2. The molecule has 5 aliphatic heterocycles. The molecular weight excluding hydrogens is 620 g/mol. The van der Waals surface area contributed by atoms with Crippen LogP contribution >= 0.6 is 0 Å². The average Bonchev–Trinajstić information content (AvgIpc) is 3.76. The summed E-state index contributed by atoms with van der Waals surface area (Å²) in [4.78, 5) is 11.8. The van der Waals surface area contributed by atoms with Crippen molar-refractivity contribution in [2.75, 3.05) is 20.8 Å². The van der Waals surface area contributed by atoms with Crippen LogP contribution in [0.4, 0.5) is 0 Å². The van der Waals surface area contributed by atoms with Crippen LogP contribution in [-0.2, 0) is 38.0 Å². The van der Waals surface area contributed by atoms with Crippen molar-refractivity contribution in [1.82, 2.24) is 0 Å². The summed E-state index contributed by atoms with van der Waals surface area (Å²) in [6.07, 6.45) is 3.59. The van der Waals surface area contributed by atoms with Crippen LogP contribution in [-0.4, -0.2) is 108 Å². The SMILES string of the molecule is CC[C@]1([C@@H]2O[C@@H]([C@H]3O[C@](CO)(OC)[C@H](C)C[C@@H]3C)C[C@@H]2C)CC[C@H]([C@@]2(C)CC[C@]3(C[C@H](O)[C@@H](C)[C@@H]([C@@H](C)[C@@H](OC)[C@H](C)C(=O)O)O3)O2)O1. The highest BCUT2D eigenvalue weighted by Crippen LogP contribution is 2.55. The summed E-state index contributed by atoms with van der Waals surface area (Å²) in [5.41, 5.74) is -1.10. The zero-order chi connectivity index (χ0) is 35.4. The molecule has 3 N–H and O–H groups in total. The second-order valence-electron chi connectivity index (χ2n) is 16.5. The second kappa shape index (κ2) is 14.3. The number of ether oxygens (including phenoxy) is 7. The van der Waals surface area contributed by atoms with Crippen LogP contribution < -0.4 is 0 Å². The van der Waals surface area contributed by atoms with Crippen molar-refractivity contribution < 1.29 is 53.3 Å². The zero-order valence-electron chi connectivity index (χ0n) is 31.0. The van der Waals surface area contributed by atoms with Gasteiger partial charge in [0.15, 0.2) is 11.6 Å². The standard InChI is InChI=1S/C37H64O11/c1-11-35(32-21(3)17-27(44-32)29-20(2)16-22(4)37(19-38,43-10)47-29)13-12-28(45-35)34(8)14-15-36(48-34)18-26(39)23(5)31(46-36)24(6)30(42-9)25(7)33(40)41/h20-32,38-39H,11-19H2,1-10H3,(H,40,41)/t20-,21-,22+,23+,24-,25-,26-,27+,28+,29-,30+,31-,32+,34+,35+,36+,37-/m0/s1. The van der Waals surface area contributed by atoms with Crippen molar-refractivity contribution >= 4 is 5.97 Å². The number of methoxy groups -OCH3 is 2. The molecule has 5 rings (SSSR count). The third-order valence-corrected chi connectivity index (χ3v) is 13.4. The summed E-state index contributed by atoms with van der Waals surface area (Å²) in [5, 5.41) is 31.2. The molecule has 5 fully saturated rings. The molecule has 5 heterocycles. The quantitative estimate of drug-likeness (QED) is 0.273. The van der Waals surface area contributed by atoms with E-state index in [1.165, 1.54) is 7.11 Å². The maximum Gasteiger partial charge on any atom is 0.308 e. The van der Waals surface area contributed by atoms with Crippen LogP contribution in [0, 0.1) is 35.5 Å². The largest absolute Gasteiger partial charge is 0.481 e. The highest BCUT2D eigenvalue weighted by Gasteiger charge is 2.62. The van der Waals surface area contributed by atoms with Gasteiger partial charge in [-0.1, -0.05) is 41.5 Å². The molecule has 17 atom stereocenters. The van der Waals surface area contributed by atoms with E-state index in [1.807, 2.05) is 13.8 Å². The van der Waals surface area contributed by atoms with Gasteiger partial charge in [0.2, 0.25) is 0 Å². The lowest BCUT2D eigenvalue weighted by atomic mass is 9.78. The van der Waals surface area contributed by atoms with E-state index in [1.54, 1.807) is 14.0 Å². The molecule has 11 nitrogen and oxygen atoms in total. The van der Waals surface area contributed by atoms with Crippen LogP contribution in [0.5, 0.6) is 0 Å². The molecule has 48 heavy (non-hydrogen) atoms. The van der Waals surface area contributed by atoms with E-state index < -0.39 is 53.0 Å². The fraction of sp³-hybridized carbons (Fsp3) is 0.973. The third kappa shape index (κ3) is 6.62. The van der Waals surface area contributed by atoms with Crippen LogP contribution in [0.1, 0.15) is 107 Å². The van der Waals surface area contributed by atoms with Crippen LogP contribution in [0.3, 0.4) is 0 Å². The number of hydrogen-bond acceptors (Lipinski definition) is 10. The predicted molar refractivity (Wildman–Crippen MR) is 177 cm³/mol. The molecule has 0 amide bonds. The first-order valence-electron chi connectivity index (χ1n) is 18.5. The molecule has 0 bridgehead atoms. The molecule has 0 unspecified atom stereocenters. The highest BCUT2D eigenvalue weighted by molar-refractivity contribution is 5.70. The Kier molecular flexibility index (Phi) is 11.4. The number of aliphatic carboxylic acids is 1. The molecule has 5 aliphatic rings. The lowest BCUT2D eigenvalue weighted by Crippen LogP contribution is -2.57. The van der Waals surface area contributed by atoms with Gasteiger partial charge in [-0.25, -0.2) is 0 Å². The normalized spacial score (nSPS) is 50.1. The van der Waals surface area contributed by atoms with Gasteiger partial charge in [0, 0.05) is 44.8 Å². The lowest BCUT2D eigenvalue weighted by molar-refractivity contribution is -0.337. The van der Waals surface area contributed by atoms with E-state index >= 15 is 0 Å². The third-order valence-electron chi connectivity index (χ3n) is 13.4. The number of hydrogen-bond donors (Lipinski definition) is 3.